The molecule has 2 aliphatic carbocycles. The zero-order chi connectivity index (χ0) is 8.84. The summed E-state index contributed by atoms with van der Waals surface area (Å²) in [6.45, 7) is 2.26. The summed E-state index contributed by atoms with van der Waals surface area (Å²) in [5, 5.41) is 14.0. The van der Waals surface area contributed by atoms with Crippen LogP contribution in [0.1, 0.15) is 37.1 Å². The van der Waals surface area contributed by atoms with E-state index in [-0.39, 0.29) is 0 Å². The van der Waals surface area contributed by atoms with Crippen LogP contribution in [0.2, 0.25) is 0 Å². The van der Waals surface area contributed by atoms with E-state index in [4.69, 9.17) is 0 Å². The molecule has 13 heavy (non-hydrogen) atoms. The molecule has 0 bridgehead atoms. The molecule has 70 valence electrons. The molecule has 1 heterocycles. The fourth-order valence-corrected chi connectivity index (χ4v) is 2.44. The summed E-state index contributed by atoms with van der Waals surface area (Å²) in [7, 11) is 0. The quantitative estimate of drug-likeness (QED) is 0.803. The second-order valence-electron chi connectivity index (χ2n) is 4.18. The Bertz CT molecular complexity index is 318. The molecule has 2 atom stereocenters. The summed E-state index contributed by atoms with van der Waals surface area (Å²) < 4.78 is 0. The van der Waals surface area contributed by atoms with Gasteiger partial charge in [0.25, 0.3) is 0 Å². The van der Waals surface area contributed by atoms with Crippen molar-refractivity contribution >= 4 is 16.5 Å². The van der Waals surface area contributed by atoms with Crippen molar-refractivity contribution in [2.45, 2.75) is 38.1 Å². The van der Waals surface area contributed by atoms with Gasteiger partial charge in [-0.05, 0) is 25.2 Å². The lowest BCUT2D eigenvalue weighted by Crippen LogP contribution is -2.02. The van der Waals surface area contributed by atoms with Gasteiger partial charge in [-0.1, -0.05) is 18.3 Å². The van der Waals surface area contributed by atoms with Gasteiger partial charge in [0.05, 0.1) is 0 Å². The van der Waals surface area contributed by atoms with Gasteiger partial charge >= 0.3 is 0 Å². The highest BCUT2D eigenvalue weighted by molar-refractivity contribution is 7.15. The van der Waals surface area contributed by atoms with E-state index in [1.54, 1.807) is 11.3 Å². The number of aromatic nitrogens is 2. The van der Waals surface area contributed by atoms with Gasteiger partial charge < -0.3 is 5.32 Å². The van der Waals surface area contributed by atoms with Crippen molar-refractivity contribution in [3.63, 3.8) is 0 Å². The van der Waals surface area contributed by atoms with Crippen molar-refractivity contribution in [3.8, 4) is 0 Å². The van der Waals surface area contributed by atoms with Crippen molar-refractivity contribution in [2.24, 2.45) is 5.92 Å². The van der Waals surface area contributed by atoms with Crippen molar-refractivity contribution in [1.29, 1.82) is 0 Å². The van der Waals surface area contributed by atoms with Gasteiger partial charge in [-0.15, -0.1) is 10.2 Å². The topological polar surface area (TPSA) is 37.8 Å². The first-order valence-corrected chi connectivity index (χ1v) is 5.74. The second-order valence-corrected chi connectivity index (χ2v) is 5.19. The van der Waals surface area contributed by atoms with Gasteiger partial charge in [-0.2, -0.15) is 0 Å². The van der Waals surface area contributed by atoms with Crippen LogP contribution >= 0.6 is 11.3 Å². The molecular weight excluding hydrogens is 182 g/mol. The molecule has 3 nitrogen and oxygen atoms in total. The van der Waals surface area contributed by atoms with Crippen molar-refractivity contribution in [3.05, 3.63) is 5.01 Å². The number of anilines is 1. The maximum Gasteiger partial charge on any atom is 0.205 e. The lowest BCUT2D eigenvalue weighted by atomic mass is 10.5. The average Bonchev–Trinajstić information content (AvgIpc) is 2.99. The van der Waals surface area contributed by atoms with Gasteiger partial charge in [-0.3, -0.25) is 0 Å². The average molecular weight is 195 g/mol. The SMILES string of the molecule is C[C@@H]1C[C@H]1Nc1nnc(C2CC2)s1. The molecule has 2 aliphatic rings. The molecule has 0 saturated heterocycles. The zero-order valence-electron chi connectivity index (χ0n) is 7.66. The van der Waals surface area contributed by atoms with Crippen LogP contribution in [0.3, 0.4) is 0 Å². The lowest BCUT2D eigenvalue weighted by molar-refractivity contribution is 0.916. The Morgan fingerprint density at radius 3 is 2.77 bits per heavy atom. The Labute approximate surface area is 81.6 Å². The smallest absolute Gasteiger partial charge is 0.205 e. The first kappa shape index (κ1) is 7.74. The largest absolute Gasteiger partial charge is 0.357 e. The van der Waals surface area contributed by atoms with E-state index in [0.717, 1.165) is 17.0 Å². The molecule has 0 aliphatic heterocycles. The Kier molecular flexibility index (Phi) is 1.59. The molecule has 1 N–H and O–H groups in total. The highest BCUT2D eigenvalue weighted by Gasteiger charge is 2.34. The minimum Gasteiger partial charge on any atom is -0.357 e. The Balaban J connectivity index is 1.67. The molecule has 2 saturated carbocycles. The van der Waals surface area contributed by atoms with Gasteiger partial charge in [0.2, 0.25) is 5.13 Å². The highest BCUT2D eigenvalue weighted by atomic mass is 32.1. The van der Waals surface area contributed by atoms with Crippen LogP contribution in [0.4, 0.5) is 5.13 Å². The minimum atomic E-state index is 0.667. The van der Waals surface area contributed by atoms with E-state index in [0.29, 0.717) is 6.04 Å². The standard InChI is InChI=1S/C9H13N3S/c1-5-4-7(5)10-9-12-11-8(13-9)6-2-3-6/h5-7H,2-4H2,1H3,(H,10,12)/t5-,7-/m1/s1. The molecule has 0 spiro atoms. The van der Waals surface area contributed by atoms with Gasteiger partial charge in [0.15, 0.2) is 0 Å². The van der Waals surface area contributed by atoms with Crippen LogP contribution in [0.25, 0.3) is 0 Å². The van der Waals surface area contributed by atoms with E-state index >= 15 is 0 Å². The molecule has 0 aromatic carbocycles. The molecular formula is C9H13N3S. The van der Waals surface area contributed by atoms with E-state index < -0.39 is 0 Å². The Morgan fingerprint density at radius 1 is 1.38 bits per heavy atom. The third kappa shape index (κ3) is 1.55. The van der Waals surface area contributed by atoms with E-state index in [9.17, 15) is 0 Å². The van der Waals surface area contributed by atoms with Crippen LogP contribution in [-0.4, -0.2) is 16.2 Å². The van der Waals surface area contributed by atoms with Crippen LogP contribution in [0.15, 0.2) is 0 Å². The summed E-state index contributed by atoms with van der Waals surface area (Å²) in [5.41, 5.74) is 0. The third-order valence-corrected chi connectivity index (χ3v) is 3.80. The molecule has 0 radical (unpaired) electrons. The maximum absolute atomic E-state index is 4.19. The summed E-state index contributed by atoms with van der Waals surface area (Å²) in [4.78, 5) is 0. The monoisotopic (exact) mass is 195 g/mol. The fourth-order valence-electron chi connectivity index (χ4n) is 1.47. The van der Waals surface area contributed by atoms with Crippen molar-refractivity contribution in [2.75, 3.05) is 5.32 Å². The van der Waals surface area contributed by atoms with Crippen LogP contribution in [-0.2, 0) is 0 Å². The molecule has 1 aromatic rings. The van der Waals surface area contributed by atoms with Crippen molar-refractivity contribution in [1.82, 2.24) is 10.2 Å². The lowest BCUT2D eigenvalue weighted by Gasteiger charge is -1.95. The summed E-state index contributed by atoms with van der Waals surface area (Å²) in [6, 6.07) is 0.667. The Hall–Kier alpha value is -0.640. The fraction of sp³-hybridized carbons (Fsp3) is 0.778. The summed E-state index contributed by atoms with van der Waals surface area (Å²) >= 11 is 1.74. The third-order valence-electron chi connectivity index (χ3n) is 2.79. The molecule has 0 unspecified atom stereocenters. The molecule has 0 amide bonds. The number of hydrogen-bond donors (Lipinski definition) is 1. The van der Waals surface area contributed by atoms with Crippen LogP contribution in [0, 0.1) is 5.92 Å². The summed E-state index contributed by atoms with van der Waals surface area (Å²) in [6.07, 6.45) is 3.92. The zero-order valence-corrected chi connectivity index (χ0v) is 8.47. The molecule has 1 aromatic heterocycles. The van der Waals surface area contributed by atoms with E-state index in [1.807, 2.05) is 0 Å². The van der Waals surface area contributed by atoms with Gasteiger partial charge in [0, 0.05) is 12.0 Å². The van der Waals surface area contributed by atoms with Crippen LogP contribution in [0.5, 0.6) is 0 Å². The second kappa shape index (κ2) is 2.67. The minimum absolute atomic E-state index is 0.667. The number of nitrogens with one attached hydrogen (secondary N) is 1. The maximum atomic E-state index is 4.19. The predicted octanol–water partition coefficient (Wildman–Crippen LogP) is 2.24. The molecule has 3 rings (SSSR count). The van der Waals surface area contributed by atoms with E-state index in [1.165, 1.54) is 24.3 Å². The molecule has 2 fully saturated rings. The number of nitrogens with zero attached hydrogens (tertiary/aromatic N) is 2. The summed E-state index contributed by atoms with van der Waals surface area (Å²) in [5.74, 6) is 1.57. The van der Waals surface area contributed by atoms with Crippen LogP contribution < -0.4 is 5.32 Å². The number of rotatable bonds is 3. The van der Waals surface area contributed by atoms with E-state index in [2.05, 4.69) is 22.4 Å². The molecule has 4 heteroatoms. The normalized spacial score (nSPS) is 31.8. The highest BCUT2D eigenvalue weighted by Crippen LogP contribution is 2.42. The van der Waals surface area contributed by atoms with Crippen molar-refractivity contribution < 1.29 is 0 Å². The van der Waals surface area contributed by atoms with Gasteiger partial charge in [-0.25, -0.2) is 0 Å². The first-order valence-electron chi connectivity index (χ1n) is 4.93. The van der Waals surface area contributed by atoms with Gasteiger partial charge in [0.1, 0.15) is 5.01 Å². The first-order chi connectivity index (χ1) is 6.33. The Morgan fingerprint density at radius 2 is 2.15 bits per heavy atom. The predicted molar refractivity (Wildman–Crippen MR) is 53.1 cm³/mol. The number of hydrogen-bond acceptors (Lipinski definition) is 4.